The zero-order valence-electron chi connectivity index (χ0n) is 19.3. The van der Waals surface area contributed by atoms with Crippen molar-refractivity contribution in [3.8, 4) is 0 Å². The highest BCUT2D eigenvalue weighted by Gasteiger charge is 2.49. The van der Waals surface area contributed by atoms with Crippen LogP contribution in [-0.4, -0.2) is 17.9 Å². The summed E-state index contributed by atoms with van der Waals surface area (Å²) in [5, 5.41) is 3.79. The lowest BCUT2D eigenvalue weighted by molar-refractivity contribution is -0.170. The van der Waals surface area contributed by atoms with Crippen LogP contribution in [-0.2, 0) is 9.59 Å². The smallest absolute Gasteiger partial charge is 0.357 e. The summed E-state index contributed by atoms with van der Waals surface area (Å²) in [6, 6.07) is 19.2. The maximum Gasteiger partial charge on any atom is 0.471 e. The molecule has 0 aromatic heterocycles. The fraction of sp³-hybridized carbons (Fsp3) is 0.214. The Morgan fingerprint density at radius 3 is 2.25 bits per heavy atom. The van der Waals surface area contributed by atoms with Crippen molar-refractivity contribution in [3.63, 3.8) is 0 Å². The molecule has 1 heterocycles. The van der Waals surface area contributed by atoms with Crippen LogP contribution in [0, 0.1) is 6.92 Å². The lowest BCUT2D eigenvalue weighted by Crippen LogP contribution is -2.45. The van der Waals surface area contributed by atoms with Crippen molar-refractivity contribution in [1.82, 2.24) is 0 Å². The fourth-order valence-electron chi connectivity index (χ4n) is 4.98. The van der Waals surface area contributed by atoms with Gasteiger partial charge in [-0.3, -0.25) is 14.5 Å². The van der Waals surface area contributed by atoms with Gasteiger partial charge in [-0.1, -0.05) is 65.7 Å². The number of para-hydroxylation sites is 2. The number of Topliss-reactive ketones (excluding diaryl/α,β-unsaturated/α-hetero) is 1. The van der Waals surface area contributed by atoms with Gasteiger partial charge in [0.2, 0.25) is 0 Å². The molecule has 2 aliphatic rings. The van der Waals surface area contributed by atoms with Gasteiger partial charge in [0.25, 0.3) is 0 Å². The normalized spacial score (nSPS) is 19.8. The van der Waals surface area contributed by atoms with E-state index in [-0.39, 0.29) is 29.4 Å². The molecule has 3 aromatic rings. The summed E-state index contributed by atoms with van der Waals surface area (Å²) in [6.45, 7) is 1.86. The van der Waals surface area contributed by atoms with Crippen LogP contribution in [0.5, 0.6) is 0 Å². The Bertz CT molecular complexity index is 1360. The third kappa shape index (κ3) is 4.39. The molecule has 1 N–H and O–H groups in total. The molecule has 3 aromatic carbocycles. The number of aryl methyl sites for hydroxylation is 1. The molecule has 0 unspecified atom stereocenters. The number of allylic oxidation sites excluding steroid dienone is 1. The van der Waals surface area contributed by atoms with Gasteiger partial charge in [0.1, 0.15) is 0 Å². The summed E-state index contributed by atoms with van der Waals surface area (Å²) >= 11 is 6.03. The Balaban J connectivity index is 1.72. The molecule has 0 radical (unpaired) electrons. The monoisotopic (exact) mass is 510 g/mol. The van der Waals surface area contributed by atoms with Crippen molar-refractivity contribution in [2.24, 2.45) is 0 Å². The summed E-state index contributed by atoms with van der Waals surface area (Å²) in [7, 11) is 0. The Kier molecular flexibility index (Phi) is 6.12. The standard InChI is InChI=1S/C28H22ClF3N2O2/c1-16-6-8-18(9-7-16)26-25-22(14-19(15-24(25)35)17-10-12-20(29)13-11-17)33-21-4-2-3-5-23(21)34(26)27(36)28(30,31)32/h2-13,19,26,33H,14-15H2,1H3/t19-,26-/m1/s1. The molecule has 2 atom stereocenters. The third-order valence-electron chi connectivity index (χ3n) is 6.68. The number of carbonyl (C=O) groups is 2. The van der Waals surface area contributed by atoms with Crippen molar-refractivity contribution >= 4 is 34.7 Å². The van der Waals surface area contributed by atoms with Crippen LogP contribution in [0.4, 0.5) is 24.5 Å². The zero-order valence-corrected chi connectivity index (χ0v) is 20.0. The van der Waals surface area contributed by atoms with E-state index in [4.69, 9.17) is 11.6 Å². The van der Waals surface area contributed by atoms with E-state index in [1.807, 2.05) is 19.1 Å². The third-order valence-corrected chi connectivity index (χ3v) is 6.94. The van der Waals surface area contributed by atoms with Gasteiger partial charge in [-0.05, 0) is 54.7 Å². The molecule has 0 bridgehead atoms. The topological polar surface area (TPSA) is 49.4 Å². The lowest BCUT2D eigenvalue weighted by atomic mass is 9.78. The Hall–Kier alpha value is -3.58. The molecule has 36 heavy (non-hydrogen) atoms. The summed E-state index contributed by atoms with van der Waals surface area (Å²) in [4.78, 5) is 27.3. The van der Waals surface area contributed by atoms with E-state index in [1.54, 1.807) is 54.6 Å². The number of alkyl halides is 3. The predicted molar refractivity (Wildman–Crippen MR) is 133 cm³/mol. The van der Waals surface area contributed by atoms with E-state index < -0.39 is 18.1 Å². The van der Waals surface area contributed by atoms with E-state index in [1.165, 1.54) is 6.07 Å². The number of rotatable bonds is 2. The molecule has 1 aliphatic heterocycles. The molecule has 1 amide bonds. The largest absolute Gasteiger partial charge is 0.471 e. The van der Waals surface area contributed by atoms with Gasteiger partial charge in [-0.25, -0.2) is 0 Å². The number of fused-ring (bicyclic) bond motifs is 1. The number of halogens is 4. The summed E-state index contributed by atoms with van der Waals surface area (Å²) in [5.74, 6) is -2.51. The van der Waals surface area contributed by atoms with Crippen LogP contribution in [0.15, 0.2) is 84.1 Å². The SMILES string of the molecule is Cc1ccc([C@@H]2C3=C(C[C@@H](c4ccc(Cl)cc4)CC3=O)Nc3ccccc3N2C(=O)C(F)(F)F)cc1. The molecule has 0 fully saturated rings. The average Bonchev–Trinajstić information content (AvgIpc) is 2.98. The summed E-state index contributed by atoms with van der Waals surface area (Å²) in [6.07, 6.45) is -4.63. The first-order chi connectivity index (χ1) is 17.1. The van der Waals surface area contributed by atoms with Gasteiger partial charge in [0.15, 0.2) is 5.78 Å². The number of hydrogen-bond donors (Lipinski definition) is 1. The first-order valence-corrected chi connectivity index (χ1v) is 11.9. The molecule has 5 rings (SSSR count). The highest BCUT2D eigenvalue weighted by molar-refractivity contribution is 6.30. The average molecular weight is 511 g/mol. The van der Waals surface area contributed by atoms with Crippen LogP contribution in [0.2, 0.25) is 5.02 Å². The molecule has 8 heteroatoms. The minimum absolute atomic E-state index is 0.0654. The Labute approximate surface area is 211 Å². The lowest BCUT2D eigenvalue weighted by Gasteiger charge is -2.35. The highest BCUT2D eigenvalue weighted by Crippen LogP contribution is 2.48. The first-order valence-electron chi connectivity index (χ1n) is 11.5. The van der Waals surface area contributed by atoms with E-state index >= 15 is 0 Å². The number of benzene rings is 3. The number of ketones is 1. The number of carbonyl (C=O) groups excluding carboxylic acids is 2. The van der Waals surface area contributed by atoms with Crippen molar-refractivity contribution < 1.29 is 22.8 Å². The maximum atomic E-state index is 13.9. The minimum Gasteiger partial charge on any atom is -0.357 e. The number of hydrogen-bond acceptors (Lipinski definition) is 3. The van der Waals surface area contributed by atoms with Gasteiger partial charge in [0, 0.05) is 22.7 Å². The molecule has 0 saturated carbocycles. The maximum absolute atomic E-state index is 13.9. The fourth-order valence-corrected chi connectivity index (χ4v) is 5.11. The minimum atomic E-state index is -5.13. The summed E-state index contributed by atoms with van der Waals surface area (Å²) in [5.41, 5.74) is 3.35. The molecular weight excluding hydrogens is 489 g/mol. The van der Waals surface area contributed by atoms with Gasteiger partial charge in [0.05, 0.1) is 17.4 Å². The second-order valence-corrected chi connectivity index (χ2v) is 9.54. The van der Waals surface area contributed by atoms with Crippen LogP contribution >= 0.6 is 11.6 Å². The number of nitrogens with one attached hydrogen (secondary N) is 1. The van der Waals surface area contributed by atoms with E-state index in [9.17, 15) is 22.8 Å². The quantitative estimate of drug-likeness (QED) is 0.399. The Morgan fingerprint density at radius 1 is 0.944 bits per heavy atom. The van der Waals surface area contributed by atoms with Crippen LogP contribution in [0.25, 0.3) is 0 Å². The molecule has 4 nitrogen and oxygen atoms in total. The number of nitrogens with zero attached hydrogens (tertiary/aromatic N) is 1. The second kappa shape index (κ2) is 9.13. The highest BCUT2D eigenvalue weighted by atomic mass is 35.5. The van der Waals surface area contributed by atoms with Crippen molar-refractivity contribution in [2.45, 2.75) is 37.9 Å². The summed E-state index contributed by atoms with van der Waals surface area (Å²) < 4.78 is 41.8. The molecule has 184 valence electrons. The Morgan fingerprint density at radius 2 is 1.58 bits per heavy atom. The second-order valence-electron chi connectivity index (χ2n) is 9.10. The first kappa shape index (κ1) is 24.1. The van der Waals surface area contributed by atoms with Crippen molar-refractivity contribution in [3.05, 3.63) is 106 Å². The van der Waals surface area contributed by atoms with Gasteiger partial charge >= 0.3 is 12.1 Å². The van der Waals surface area contributed by atoms with Crippen LogP contribution in [0.1, 0.15) is 41.5 Å². The van der Waals surface area contributed by atoms with Gasteiger partial charge in [-0.2, -0.15) is 13.2 Å². The molecule has 0 spiro atoms. The molecule has 1 aliphatic carbocycles. The van der Waals surface area contributed by atoms with Crippen molar-refractivity contribution in [1.29, 1.82) is 0 Å². The molecular formula is C28H22ClF3N2O2. The number of anilines is 2. The van der Waals surface area contributed by atoms with E-state index in [0.717, 1.165) is 16.0 Å². The molecule has 0 saturated heterocycles. The van der Waals surface area contributed by atoms with E-state index in [2.05, 4.69) is 5.32 Å². The van der Waals surface area contributed by atoms with Crippen LogP contribution < -0.4 is 10.2 Å². The zero-order chi connectivity index (χ0) is 25.6. The van der Waals surface area contributed by atoms with Crippen LogP contribution in [0.3, 0.4) is 0 Å². The number of amides is 1. The van der Waals surface area contributed by atoms with E-state index in [0.29, 0.717) is 28.4 Å². The van der Waals surface area contributed by atoms with Crippen molar-refractivity contribution in [2.75, 3.05) is 10.2 Å². The predicted octanol–water partition coefficient (Wildman–Crippen LogP) is 7.11. The van der Waals surface area contributed by atoms with Gasteiger partial charge < -0.3 is 5.32 Å². The van der Waals surface area contributed by atoms with Gasteiger partial charge in [-0.15, -0.1) is 0 Å².